The topological polar surface area (TPSA) is 17.1 Å². The Labute approximate surface area is 111 Å². The minimum atomic E-state index is -3.43. The number of hydrogen-bond donors (Lipinski definition) is 1. The molecule has 0 aromatic heterocycles. The van der Waals surface area contributed by atoms with Gasteiger partial charge in [0.1, 0.15) is 0 Å². The van der Waals surface area contributed by atoms with E-state index in [-0.39, 0.29) is 5.92 Å². The van der Waals surface area contributed by atoms with Gasteiger partial charge in [-0.3, -0.25) is 4.79 Å². The lowest BCUT2D eigenvalue weighted by atomic mass is 9.66. The lowest BCUT2D eigenvalue weighted by molar-refractivity contribution is -0.140. The molecule has 4 heteroatoms. The summed E-state index contributed by atoms with van der Waals surface area (Å²) in [5.74, 6) is 2.45. The lowest BCUT2D eigenvalue weighted by Gasteiger charge is -2.38. The third-order valence-electron chi connectivity index (χ3n) is 6.37. The maximum absolute atomic E-state index is 13.1. The van der Waals surface area contributed by atoms with E-state index >= 15 is 0 Å². The number of Topliss-reactive ketones (excluding diaryl/α,β-unsaturated/α-hetero) is 1. The van der Waals surface area contributed by atoms with Crippen LogP contribution >= 0.6 is 12.6 Å². The predicted octanol–water partition coefficient (Wildman–Crippen LogP) is 3.40. The van der Waals surface area contributed by atoms with Gasteiger partial charge in [0.25, 0.3) is 0 Å². The fraction of sp³-hybridized carbons (Fsp3) is 0.929. The molecule has 0 heterocycles. The second-order valence-electron chi connectivity index (χ2n) is 6.90. The molecule has 0 spiro atoms. The number of halogens is 2. The van der Waals surface area contributed by atoms with Crippen LogP contribution < -0.4 is 0 Å². The van der Waals surface area contributed by atoms with Crippen LogP contribution in [-0.2, 0) is 4.79 Å². The number of rotatable bonds is 2. The van der Waals surface area contributed by atoms with Gasteiger partial charge >= 0.3 is 5.25 Å². The van der Waals surface area contributed by atoms with Crippen molar-refractivity contribution in [3.8, 4) is 0 Å². The first-order valence-electron chi connectivity index (χ1n) is 7.11. The minimum Gasteiger partial charge on any atom is -0.292 e. The van der Waals surface area contributed by atoms with Gasteiger partial charge in [0, 0.05) is 5.92 Å². The highest BCUT2D eigenvalue weighted by Gasteiger charge is 2.64. The molecule has 18 heavy (non-hydrogen) atoms. The fourth-order valence-electron chi connectivity index (χ4n) is 6.09. The van der Waals surface area contributed by atoms with Crippen LogP contribution in [-0.4, -0.2) is 11.0 Å². The highest BCUT2D eigenvalue weighted by atomic mass is 32.1. The molecule has 4 aliphatic rings. The van der Waals surface area contributed by atoms with Gasteiger partial charge < -0.3 is 0 Å². The summed E-state index contributed by atoms with van der Waals surface area (Å²) < 4.78 is 26.3. The first kappa shape index (κ1) is 11.7. The van der Waals surface area contributed by atoms with E-state index in [2.05, 4.69) is 12.6 Å². The fourth-order valence-corrected chi connectivity index (χ4v) is 6.26. The van der Waals surface area contributed by atoms with Gasteiger partial charge in [0.05, 0.1) is 0 Å². The normalized spacial score (nSPS) is 52.9. The Hall–Kier alpha value is -0.120. The molecular formula is C14H18F2OS. The smallest absolute Gasteiger partial charge is 0.292 e. The van der Waals surface area contributed by atoms with Crippen LogP contribution in [0.2, 0.25) is 0 Å². The van der Waals surface area contributed by atoms with Gasteiger partial charge in [-0.25, -0.2) is 0 Å². The summed E-state index contributed by atoms with van der Waals surface area (Å²) in [6.45, 7) is 0. The zero-order valence-electron chi connectivity index (χ0n) is 10.2. The molecule has 4 fully saturated rings. The van der Waals surface area contributed by atoms with Crippen LogP contribution in [0.4, 0.5) is 8.78 Å². The van der Waals surface area contributed by atoms with E-state index in [0.717, 1.165) is 24.2 Å². The second-order valence-corrected chi connectivity index (χ2v) is 7.46. The molecule has 0 saturated heterocycles. The van der Waals surface area contributed by atoms with Crippen molar-refractivity contribution in [3.63, 3.8) is 0 Å². The SMILES string of the molecule is O=C(C1C[C@@H]2CC1C1C3CCC(C3)C12)C(F)(F)S. The highest BCUT2D eigenvalue weighted by molar-refractivity contribution is 7.82. The first-order chi connectivity index (χ1) is 8.47. The van der Waals surface area contributed by atoms with E-state index in [0.29, 0.717) is 18.3 Å². The number of carbonyl (C=O) groups excluding carboxylic acids is 1. The van der Waals surface area contributed by atoms with Crippen molar-refractivity contribution in [1.29, 1.82) is 0 Å². The van der Waals surface area contributed by atoms with Crippen LogP contribution in [0.3, 0.4) is 0 Å². The molecular weight excluding hydrogens is 254 g/mol. The Morgan fingerprint density at radius 3 is 2.33 bits per heavy atom. The molecule has 4 saturated carbocycles. The van der Waals surface area contributed by atoms with Crippen LogP contribution in [0.15, 0.2) is 0 Å². The van der Waals surface area contributed by atoms with Crippen LogP contribution in [0, 0.1) is 41.4 Å². The molecule has 4 rings (SSSR count). The maximum atomic E-state index is 13.1. The standard InChI is InChI=1S/C14H18F2OS/c15-14(16,18)13(17)10-5-8-4-9(10)12-7-2-1-6(3-7)11(8)12/h6-12,18H,1-5H2/t6?,7?,8-,9?,10?,11?,12?/m0/s1. The Kier molecular flexibility index (Phi) is 2.27. The molecule has 100 valence electrons. The van der Waals surface area contributed by atoms with Crippen molar-refractivity contribution >= 4 is 18.4 Å². The van der Waals surface area contributed by atoms with E-state index in [1.807, 2.05) is 0 Å². The van der Waals surface area contributed by atoms with Crippen molar-refractivity contribution in [2.75, 3.05) is 0 Å². The number of hydrogen-bond acceptors (Lipinski definition) is 2. The molecule has 4 bridgehead atoms. The summed E-state index contributed by atoms with van der Waals surface area (Å²) in [7, 11) is 0. The maximum Gasteiger partial charge on any atom is 0.348 e. The van der Waals surface area contributed by atoms with Crippen LogP contribution in [0.1, 0.15) is 32.1 Å². The molecule has 4 aliphatic carbocycles. The van der Waals surface area contributed by atoms with Gasteiger partial charge in [-0.05, 0) is 67.6 Å². The summed E-state index contributed by atoms with van der Waals surface area (Å²) in [4.78, 5) is 11.8. The summed E-state index contributed by atoms with van der Waals surface area (Å²) in [6, 6.07) is 0. The van der Waals surface area contributed by atoms with Crippen molar-refractivity contribution in [3.05, 3.63) is 0 Å². The molecule has 6 unspecified atom stereocenters. The second kappa shape index (κ2) is 3.50. The molecule has 0 N–H and O–H groups in total. The van der Waals surface area contributed by atoms with Gasteiger partial charge in [-0.1, -0.05) is 12.6 Å². The Morgan fingerprint density at radius 1 is 1.00 bits per heavy atom. The third kappa shape index (κ3) is 1.36. The molecule has 0 amide bonds. The van der Waals surface area contributed by atoms with E-state index < -0.39 is 17.0 Å². The van der Waals surface area contributed by atoms with Gasteiger partial charge in [0.2, 0.25) is 5.78 Å². The van der Waals surface area contributed by atoms with Crippen LogP contribution in [0.5, 0.6) is 0 Å². The van der Waals surface area contributed by atoms with Gasteiger partial charge in [-0.2, -0.15) is 8.78 Å². The van der Waals surface area contributed by atoms with E-state index in [1.54, 1.807) is 0 Å². The van der Waals surface area contributed by atoms with Crippen molar-refractivity contribution in [2.45, 2.75) is 37.4 Å². The number of carbonyl (C=O) groups is 1. The van der Waals surface area contributed by atoms with E-state index in [9.17, 15) is 13.6 Å². The van der Waals surface area contributed by atoms with Crippen molar-refractivity contribution in [2.24, 2.45) is 41.4 Å². The molecule has 1 nitrogen and oxygen atoms in total. The summed E-state index contributed by atoms with van der Waals surface area (Å²) in [5.41, 5.74) is 0. The van der Waals surface area contributed by atoms with E-state index in [1.165, 1.54) is 19.3 Å². The average molecular weight is 272 g/mol. The Balaban J connectivity index is 1.61. The molecule has 0 aliphatic heterocycles. The number of alkyl halides is 2. The average Bonchev–Trinajstić information content (AvgIpc) is 3.03. The monoisotopic (exact) mass is 272 g/mol. The van der Waals surface area contributed by atoms with Crippen molar-refractivity contribution in [1.82, 2.24) is 0 Å². The molecule has 0 radical (unpaired) electrons. The highest BCUT2D eigenvalue weighted by Crippen LogP contribution is 2.69. The third-order valence-corrected chi connectivity index (χ3v) is 6.59. The largest absolute Gasteiger partial charge is 0.348 e. The summed E-state index contributed by atoms with van der Waals surface area (Å²) >= 11 is 3.19. The summed E-state index contributed by atoms with van der Waals surface area (Å²) in [6.07, 6.45) is 5.66. The Bertz CT molecular complexity index is 405. The van der Waals surface area contributed by atoms with Gasteiger partial charge in [-0.15, -0.1) is 0 Å². The molecule has 7 atom stereocenters. The number of fused-ring (bicyclic) bond motifs is 9. The molecule has 0 aromatic carbocycles. The minimum absolute atomic E-state index is 0.251. The predicted molar refractivity (Wildman–Crippen MR) is 66.5 cm³/mol. The zero-order chi connectivity index (χ0) is 12.7. The number of thiol groups is 1. The van der Waals surface area contributed by atoms with E-state index in [4.69, 9.17) is 0 Å². The summed E-state index contributed by atoms with van der Waals surface area (Å²) in [5, 5.41) is -3.43. The van der Waals surface area contributed by atoms with Gasteiger partial charge in [0.15, 0.2) is 0 Å². The quantitative estimate of drug-likeness (QED) is 0.602. The first-order valence-corrected chi connectivity index (χ1v) is 7.56. The lowest BCUT2D eigenvalue weighted by Crippen LogP contribution is -2.40. The van der Waals surface area contributed by atoms with Crippen molar-refractivity contribution < 1.29 is 13.6 Å². The van der Waals surface area contributed by atoms with Crippen LogP contribution in [0.25, 0.3) is 0 Å². The number of ketones is 1. The molecule has 0 aromatic rings. The zero-order valence-corrected chi connectivity index (χ0v) is 11.1. The Morgan fingerprint density at radius 2 is 1.67 bits per heavy atom.